The fraction of sp³-hybridized carbons (Fsp3) is 0.846. The van der Waals surface area contributed by atoms with Gasteiger partial charge < -0.3 is 5.32 Å². The summed E-state index contributed by atoms with van der Waals surface area (Å²) in [6, 6.07) is 0.0373. The first kappa shape index (κ1) is 11.1. The molecule has 94 valence electrons. The summed E-state index contributed by atoms with van der Waals surface area (Å²) in [7, 11) is 0. The normalized spacial score (nSPS) is 29.1. The van der Waals surface area contributed by atoms with Crippen LogP contribution in [-0.2, 0) is 4.79 Å². The lowest BCUT2D eigenvalue weighted by atomic mass is 9.77. The zero-order chi connectivity index (χ0) is 11.9. The largest absolute Gasteiger partial charge is 0.337 e. The number of imide groups is 1. The lowest BCUT2D eigenvalue weighted by molar-refractivity contribution is -0.142. The van der Waals surface area contributed by atoms with Crippen molar-refractivity contribution in [3.8, 4) is 0 Å². The number of hydrogen-bond donors (Lipinski definition) is 1. The number of carbonyl (C=O) groups excluding carboxylic acids is 2. The van der Waals surface area contributed by atoms with Gasteiger partial charge in [-0.15, -0.1) is 0 Å². The minimum absolute atomic E-state index is 0.116. The topological polar surface area (TPSA) is 49.4 Å². The van der Waals surface area contributed by atoms with E-state index in [1.807, 2.05) is 0 Å². The van der Waals surface area contributed by atoms with Crippen LogP contribution in [-0.4, -0.2) is 29.4 Å². The second-order valence-corrected chi connectivity index (χ2v) is 5.76. The molecule has 0 atom stereocenters. The fourth-order valence-corrected chi connectivity index (χ4v) is 3.21. The Morgan fingerprint density at radius 3 is 2.29 bits per heavy atom. The predicted molar refractivity (Wildman–Crippen MR) is 63.4 cm³/mol. The summed E-state index contributed by atoms with van der Waals surface area (Å²) in [5, 5.41) is 2.94. The van der Waals surface area contributed by atoms with Crippen LogP contribution in [0.1, 0.15) is 51.4 Å². The van der Waals surface area contributed by atoms with Crippen molar-refractivity contribution >= 4 is 11.9 Å². The minimum Gasteiger partial charge on any atom is -0.337 e. The molecule has 0 aromatic heterocycles. The van der Waals surface area contributed by atoms with Gasteiger partial charge in [0, 0.05) is 12.6 Å². The maximum absolute atomic E-state index is 12.6. The molecule has 1 heterocycles. The molecule has 17 heavy (non-hydrogen) atoms. The van der Waals surface area contributed by atoms with Gasteiger partial charge >= 0.3 is 6.03 Å². The molecule has 4 nitrogen and oxygen atoms in total. The van der Waals surface area contributed by atoms with E-state index in [-0.39, 0.29) is 23.4 Å². The molecule has 1 spiro atoms. The van der Waals surface area contributed by atoms with Gasteiger partial charge in [-0.1, -0.05) is 25.7 Å². The molecular weight excluding hydrogens is 216 g/mol. The molecule has 1 saturated heterocycles. The van der Waals surface area contributed by atoms with E-state index in [2.05, 4.69) is 5.32 Å². The zero-order valence-corrected chi connectivity index (χ0v) is 10.2. The maximum Gasteiger partial charge on any atom is 0.324 e. The smallest absolute Gasteiger partial charge is 0.324 e. The number of nitrogens with one attached hydrogen (secondary N) is 1. The lowest BCUT2D eigenvalue weighted by Crippen LogP contribution is -2.61. The maximum atomic E-state index is 12.6. The molecule has 2 saturated carbocycles. The highest BCUT2D eigenvalue weighted by molar-refractivity contribution is 6.00. The monoisotopic (exact) mass is 236 g/mol. The first-order valence-electron chi connectivity index (χ1n) is 6.84. The molecule has 3 aliphatic rings. The molecule has 0 aromatic carbocycles. The molecule has 2 aliphatic carbocycles. The van der Waals surface area contributed by atoms with Crippen molar-refractivity contribution in [1.29, 1.82) is 0 Å². The van der Waals surface area contributed by atoms with Crippen LogP contribution in [0, 0.1) is 5.41 Å². The van der Waals surface area contributed by atoms with Crippen LogP contribution in [0.5, 0.6) is 0 Å². The van der Waals surface area contributed by atoms with E-state index in [9.17, 15) is 9.59 Å². The predicted octanol–water partition coefficient (Wildman–Crippen LogP) is 2.04. The van der Waals surface area contributed by atoms with Crippen molar-refractivity contribution in [3.05, 3.63) is 0 Å². The van der Waals surface area contributed by atoms with Crippen molar-refractivity contribution in [2.45, 2.75) is 57.4 Å². The van der Waals surface area contributed by atoms with Crippen molar-refractivity contribution in [1.82, 2.24) is 10.2 Å². The van der Waals surface area contributed by atoms with Gasteiger partial charge in [0.05, 0.1) is 5.41 Å². The summed E-state index contributed by atoms with van der Waals surface area (Å²) in [4.78, 5) is 25.9. The Balaban J connectivity index is 1.84. The van der Waals surface area contributed by atoms with Crippen molar-refractivity contribution < 1.29 is 9.59 Å². The highest BCUT2D eigenvalue weighted by atomic mass is 16.2. The van der Waals surface area contributed by atoms with Crippen LogP contribution in [0.4, 0.5) is 4.79 Å². The molecule has 0 unspecified atom stereocenters. The zero-order valence-electron chi connectivity index (χ0n) is 10.2. The molecule has 0 aromatic rings. The standard InChI is InChI=1S/C13H20N2O2/c16-11-13(7-3-1-2-4-8-13)9-14-12(17)15(11)10-5-6-10/h10H,1-9H2,(H,14,17). The number of amides is 3. The van der Waals surface area contributed by atoms with Gasteiger partial charge in [0.2, 0.25) is 5.91 Å². The van der Waals surface area contributed by atoms with E-state index in [0.29, 0.717) is 6.54 Å². The quantitative estimate of drug-likeness (QED) is 0.757. The lowest BCUT2D eigenvalue weighted by Gasteiger charge is -2.40. The molecule has 3 amide bonds. The molecule has 1 aliphatic heterocycles. The Morgan fingerprint density at radius 1 is 1.06 bits per heavy atom. The van der Waals surface area contributed by atoms with E-state index >= 15 is 0 Å². The van der Waals surface area contributed by atoms with Crippen LogP contribution in [0.2, 0.25) is 0 Å². The van der Waals surface area contributed by atoms with E-state index in [4.69, 9.17) is 0 Å². The average Bonchev–Trinajstić information content (AvgIpc) is 3.12. The van der Waals surface area contributed by atoms with E-state index in [1.165, 1.54) is 17.7 Å². The Kier molecular flexibility index (Phi) is 2.60. The second-order valence-electron chi connectivity index (χ2n) is 5.76. The fourth-order valence-electron chi connectivity index (χ4n) is 3.21. The first-order chi connectivity index (χ1) is 8.23. The molecule has 4 heteroatoms. The van der Waals surface area contributed by atoms with Gasteiger partial charge in [0.25, 0.3) is 0 Å². The van der Waals surface area contributed by atoms with Crippen molar-refractivity contribution in [2.75, 3.05) is 6.54 Å². The van der Waals surface area contributed by atoms with Crippen molar-refractivity contribution in [3.63, 3.8) is 0 Å². The summed E-state index contributed by atoms with van der Waals surface area (Å²) < 4.78 is 0. The van der Waals surface area contributed by atoms with Gasteiger partial charge in [0.15, 0.2) is 0 Å². The number of carbonyl (C=O) groups is 2. The van der Waals surface area contributed by atoms with Crippen LogP contribution >= 0.6 is 0 Å². The SMILES string of the molecule is O=C1NCC2(CCCCCC2)C(=O)N1C1CC1. The third kappa shape index (κ3) is 1.83. The van der Waals surface area contributed by atoms with Crippen LogP contribution in [0.3, 0.4) is 0 Å². The molecular formula is C13H20N2O2. The minimum atomic E-state index is -0.271. The highest BCUT2D eigenvalue weighted by Gasteiger charge is 2.50. The highest BCUT2D eigenvalue weighted by Crippen LogP contribution is 2.41. The Labute approximate surface area is 102 Å². The van der Waals surface area contributed by atoms with Gasteiger partial charge in [-0.05, 0) is 25.7 Å². The van der Waals surface area contributed by atoms with E-state index in [0.717, 1.165) is 38.5 Å². The third-order valence-corrected chi connectivity index (χ3v) is 4.44. The number of urea groups is 1. The van der Waals surface area contributed by atoms with Gasteiger partial charge in [0.1, 0.15) is 0 Å². The van der Waals surface area contributed by atoms with Crippen LogP contribution < -0.4 is 5.32 Å². The molecule has 3 rings (SSSR count). The van der Waals surface area contributed by atoms with E-state index in [1.54, 1.807) is 0 Å². The number of rotatable bonds is 1. The number of hydrogen-bond acceptors (Lipinski definition) is 2. The van der Waals surface area contributed by atoms with Gasteiger partial charge in [-0.2, -0.15) is 0 Å². The Morgan fingerprint density at radius 2 is 1.71 bits per heavy atom. The summed E-state index contributed by atoms with van der Waals surface area (Å²) >= 11 is 0. The van der Waals surface area contributed by atoms with Crippen molar-refractivity contribution in [2.24, 2.45) is 5.41 Å². The van der Waals surface area contributed by atoms with Gasteiger partial charge in [-0.25, -0.2) is 4.79 Å². The molecule has 1 N–H and O–H groups in total. The van der Waals surface area contributed by atoms with Crippen LogP contribution in [0.15, 0.2) is 0 Å². The third-order valence-electron chi connectivity index (χ3n) is 4.44. The summed E-state index contributed by atoms with van der Waals surface area (Å²) in [6.45, 7) is 0.563. The summed E-state index contributed by atoms with van der Waals surface area (Å²) in [6.07, 6.45) is 8.61. The van der Waals surface area contributed by atoms with Crippen LogP contribution in [0.25, 0.3) is 0 Å². The summed E-state index contributed by atoms with van der Waals surface area (Å²) in [5.74, 6) is 0.116. The molecule has 0 bridgehead atoms. The first-order valence-corrected chi connectivity index (χ1v) is 6.84. The molecule has 0 radical (unpaired) electrons. The summed E-state index contributed by atoms with van der Waals surface area (Å²) in [5.41, 5.74) is -0.271. The van der Waals surface area contributed by atoms with Gasteiger partial charge in [-0.3, -0.25) is 9.69 Å². The molecule has 3 fully saturated rings. The van der Waals surface area contributed by atoms with E-state index < -0.39 is 0 Å². The average molecular weight is 236 g/mol. The number of nitrogens with zero attached hydrogens (tertiary/aromatic N) is 1. The Bertz CT molecular complexity index is 341. The second kappa shape index (κ2) is 4.00. The Hall–Kier alpha value is -1.06.